The molecule has 1 heterocycles. The number of carboxylic acid groups (broad SMARTS) is 1. The summed E-state index contributed by atoms with van der Waals surface area (Å²) in [7, 11) is 1.72. The molecule has 8 heteroatoms. The first-order valence-corrected chi connectivity index (χ1v) is 9.11. The van der Waals surface area contributed by atoms with Gasteiger partial charge < -0.3 is 24.8 Å². The summed E-state index contributed by atoms with van der Waals surface area (Å²) in [5.74, 6) is -0.102. The van der Waals surface area contributed by atoms with E-state index in [1.807, 2.05) is 38.1 Å². The van der Waals surface area contributed by atoms with Crippen molar-refractivity contribution in [2.75, 3.05) is 46.4 Å². The Balaban J connectivity index is 1.75. The Labute approximate surface area is 160 Å². The molecule has 0 aliphatic carbocycles. The van der Waals surface area contributed by atoms with Gasteiger partial charge in [-0.05, 0) is 38.6 Å². The standard InChI is InChI=1S/C19H29N3O5/c1-14-5-4-6-16(9-14)27-15(2)10-20-19(25)22-7-8-26-17(12-22)11-21(3)13-18(23)24/h4-6,9,15,17H,7-8,10-13H2,1-3H3,(H,20,25)(H,23,24). The number of urea groups is 1. The Morgan fingerprint density at radius 2 is 2.26 bits per heavy atom. The quantitative estimate of drug-likeness (QED) is 0.705. The van der Waals surface area contributed by atoms with Crippen LogP contribution in [0.5, 0.6) is 5.75 Å². The molecule has 1 saturated heterocycles. The molecule has 2 unspecified atom stereocenters. The fraction of sp³-hybridized carbons (Fsp3) is 0.579. The van der Waals surface area contributed by atoms with Gasteiger partial charge in [0.05, 0.1) is 25.8 Å². The van der Waals surface area contributed by atoms with Crippen molar-refractivity contribution in [1.82, 2.24) is 15.1 Å². The molecule has 0 aromatic heterocycles. The Morgan fingerprint density at radius 3 is 2.96 bits per heavy atom. The van der Waals surface area contributed by atoms with Crippen LogP contribution in [0.2, 0.25) is 0 Å². The second-order valence-corrected chi connectivity index (χ2v) is 6.96. The van der Waals surface area contributed by atoms with E-state index in [2.05, 4.69) is 5.32 Å². The SMILES string of the molecule is Cc1cccc(OC(C)CNC(=O)N2CCOC(CN(C)CC(=O)O)C2)c1. The molecule has 1 aromatic rings. The van der Waals surface area contributed by atoms with Gasteiger partial charge in [-0.25, -0.2) is 4.79 Å². The van der Waals surface area contributed by atoms with Crippen molar-refractivity contribution in [3.05, 3.63) is 29.8 Å². The average Bonchev–Trinajstić information content (AvgIpc) is 2.59. The predicted octanol–water partition coefficient (Wildman–Crippen LogP) is 1.19. The maximum Gasteiger partial charge on any atom is 0.317 e. The van der Waals surface area contributed by atoms with Crippen LogP contribution in [0, 0.1) is 6.92 Å². The van der Waals surface area contributed by atoms with Gasteiger partial charge in [0.25, 0.3) is 0 Å². The molecule has 1 aromatic carbocycles. The molecule has 27 heavy (non-hydrogen) atoms. The Hall–Kier alpha value is -2.32. The summed E-state index contributed by atoms with van der Waals surface area (Å²) in [6, 6.07) is 7.63. The van der Waals surface area contributed by atoms with E-state index in [4.69, 9.17) is 14.6 Å². The minimum Gasteiger partial charge on any atom is -0.489 e. The van der Waals surface area contributed by atoms with Gasteiger partial charge >= 0.3 is 12.0 Å². The largest absolute Gasteiger partial charge is 0.489 e. The van der Waals surface area contributed by atoms with Gasteiger partial charge in [-0.1, -0.05) is 12.1 Å². The van der Waals surface area contributed by atoms with Gasteiger partial charge in [0.1, 0.15) is 11.9 Å². The number of hydrogen-bond acceptors (Lipinski definition) is 5. The Bertz CT molecular complexity index is 640. The van der Waals surface area contributed by atoms with Gasteiger partial charge in [0.2, 0.25) is 0 Å². The van der Waals surface area contributed by atoms with E-state index in [-0.39, 0.29) is 24.8 Å². The third kappa shape index (κ3) is 7.44. The van der Waals surface area contributed by atoms with Gasteiger partial charge in [0, 0.05) is 19.6 Å². The molecule has 0 saturated carbocycles. The maximum atomic E-state index is 12.4. The van der Waals surface area contributed by atoms with E-state index in [9.17, 15) is 9.59 Å². The van der Waals surface area contributed by atoms with E-state index in [1.165, 1.54) is 0 Å². The van der Waals surface area contributed by atoms with Crippen LogP contribution in [0.1, 0.15) is 12.5 Å². The molecule has 1 fully saturated rings. The topological polar surface area (TPSA) is 91.3 Å². The number of hydrogen-bond donors (Lipinski definition) is 2. The summed E-state index contributed by atoms with van der Waals surface area (Å²) in [6.45, 7) is 6.10. The number of nitrogens with one attached hydrogen (secondary N) is 1. The fourth-order valence-electron chi connectivity index (χ4n) is 2.96. The highest BCUT2D eigenvalue weighted by Gasteiger charge is 2.25. The molecular weight excluding hydrogens is 350 g/mol. The summed E-state index contributed by atoms with van der Waals surface area (Å²) in [6.07, 6.45) is -0.357. The van der Waals surface area contributed by atoms with Crippen LogP contribution in [-0.2, 0) is 9.53 Å². The molecule has 2 N–H and O–H groups in total. The summed E-state index contributed by atoms with van der Waals surface area (Å²) >= 11 is 0. The molecule has 2 atom stereocenters. The maximum absolute atomic E-state index is 12.4. The van der Waals surface area contributed by atoms with Crippen LogP contribution in [0.15, 0.2) is 24.3 Å². The van der Waals surface area contributed by atoms with Crippen molar-refractivity contribution >= 4 is 12.0 Å². The van der Waals surface area contributed by atoms with Crippen LogP contribution in [0.25, 0.3) is 0 Å². The lowest BCUT2D eigenvalue weighted by molar-refractivity contribution is -0.138. The van der Waals surface area contributed by atoms with Gasteiger partial charge in [0.15, 0.2) is 0 Å². The average molecular weight is 379 g/mol. The van der Waals surface area contributed by atoms with Crippen LogP contribution >= 0.6 is 0 Å². The molecule has 2 rings (SSSR count). The zero-order valence-electron chi connectivity index (χ0n) is 16.2. The number of benzene rings is 1. The third-order valence-corrected chi connectivity index (χ3v) is 4.21. The number of morpholine rings is 1. The Kier molecular flexibility index (Phi) is 7.87. The molecule has 0 radical (unpaired) electrons. The highest BCUT2D eigenvalue weighted by Crippen LogP contribution is 2.14. The van der Waals surface area contributed by atoms with Crippen molar-refractivity contribution in [3.8, 4) is 5.75 Å². The molecule has 2 amide bonds. The number of amides is 2. The number of likely N-dealkylation sites (N-methyl/N-ethyl adjacent to an activating group) is 1. The number of aryl methyl sites for hydroxylation is 1. The highest BCUT2D eigenvalue weighted by molar-refractivity contribution is 5.74. The molecule has 8 nitrogen and oxygen atoms in total. The van der Waals surface area contributed by atoms with Crippen LogP contribution in [0.4, 0.5) is 4.79 Å². The normalized spacial score (nSPS) is 18.2. The van der Waals surface area contributed by atoms with Gasteiger partial charge in [-0.15, -0.1) is 0 Å². The first kappa shape index (κ1) is 21.0. The molecular formula is C19H29N3O5. The second-order valence-electron chi connectivity index (χ2n) is 6.96. The lowest BCUT2D eigenvalue weighted by atomic mass is 10.2. The first-order chi connectivity index (χ1) is 12.8. The van der Waals surface area contributed by atoms with Crippen molar-refractivity contribution < 1.29 is 24.2 Å². The monoisotopic (exact) mass is 379 g/mol. The minimum absolute atomic E-state index is 0.0557. The number of aliphatic carboxylic acids is 1. The zero-order chi connectivity index (χ0) is 19.8. The van der Waals surface area contributed by atoms with Gasteiger partial charge in [-0.3, -0.25) is 9.69 Å². The zero-order valence-corrected chi connectivity index (χ0v) is 16.2. The number of carbonyl (C=O) groups excluding carboxylic acids is 1. The highest BCUT2D eigenvalue weighted by atomic mass is 16.5. The van der Waals surface area contributed by atoms with Crippen molar-refractivity contribution in [1.29, 1.82) is 0 Å². The molecule has 0 spiro atoms. The van der Waals surface area contributed by atoms with Crippen LogP contribution in [0.3, 0.4) is 0 Å². The molecule has 1 aliphatic rings. The third-order valence-electron chi connectivity index (χ3n) is 4.21. The number of rotatable bonds is 8. The number of nitrogens with zero attached hydrogens (tertiary/aromatic N) is 2. The summed E-state index contributed by atoms with van der Waals surface area (Å²) in [5, 5.41) is 11.7. The Morgan fingerprint density at radius 1 is 1.48 bits per heavy atom. The lowest BCUT2D eigenvalue weighted by Gasteiger charge is -2.34. The van der Waals surface area contributed by atoms with E-state index in [1.54, 1.807) is 16.8 Å². The number of carboxylic acids is 1. The van der Waals surface area contributed by atoms with Crippen LogP contribution in [-0.4, -0.2) is 85.5 Å². The summed E-state index contributed by atoms with van der Waals surface area (Å²) in [5.41, 5.74) is 1.12. The van der Waals surface area contributed by atoms with Crippen LogP contribution < -0.4 is 10.1 Å². The molecule has 0 bridgehead atoms. The predicted molar refractivity (Wildman–Crippen MR) is 101 cm³/mol. The van der Waals surface area contributed by atoms with E-state index in [0.29, 0.717) is 32.8 Å². The van der Waals surface area contributed by atoms with E-state index in [0.717, 1.165) is 11.3 Å². The lowest BCUT2D eigenvalue weighted by Crippen LogP contribution is -2.53. The number of ether oxygens (including phenoxy) is 2. The minimum atomic E-state index is -0.884. The van der Waals surface area contributed by atoms with Gasteiger partial charge in [-0.2, -0.15) is 0 Å². The second kappa shape index (κ2) is 10.1. The smallest absolute Gasteiger partial charge is 0.317 e. The number of carbonyl (C=O) groups is 2. The fourth-order valence-corrected chi connectivity index (χ4v) is 2.96. The summed E-state index contributed by atoms with van der Waals surface area (Å²) in [4.78, 5) is 26.5. The first-order valence-electron chi connectivity index (χ1n) is 9.11. The molecule has 150 valence electrons. The van der Waals surface area contributed by atoms with E-state index >= 15 is 0 Å². The van der Waals surface area contributed by atoms with Crippen molar-refractivity contribution in [2.45, 2.75) is 26.1 Å². The summed E-state index contributed by atoms with van der Waals surface area (Å²) < 4.78 is 11.5. The van der Waals surface area contributed by atoms with Crippen molar-refractivity contribution in [3.63, 3.8) is 0 Å². The molecule has 1 aliphatic heterocycles. The van der Waals surface area contributed by atoms with E-state index < -0.39 is 5.97 Å². The van der Waals surface area contributed by atoms with Crippen molar-refractivity contribution in [2.24, 2.45) is 0 Å².